The summed E-state index contributed by atoms with van der Waals surface area (Å²) in [7, 11) is 0. The summed E-state index contributed by atoms with van der Waals surface area (Å²) in [6.07, 6.45) is 1.46. The average molecular weight is 399 g/mol. The number of carbonyl (C=O) groups is 2. The fourth-order valence-electron chi connectivity index (χ4n) is 3.04. The largest absolute Gasteiger partial charge is 0.490 e. The predicted molar refractivity (Wildman–Crippen MR) is 105 cm³/mol. The van der Waals surface area contributed by atoms with Crippen LogP contribution in [-0.4, -0.2) is 24.6 Å². The number of anilines is 1. The van der Waals surface area contributed by atoms with Gasteiger partial charge in [-0.1, -0.05) is 11.6 Å². The summed E-state index contributed by atoms with van der Waals surface area (Å²) >= 11 is 6.09. The van der Waals surface area contributed by atoms with Gasteiger partial charge < -0.3 is 14.8 Å². The number of ether oxygens (including phenoxy) is 2. The average Bonchev–Trinajstić information content (AvgIpc) is 2.68. The van der Waals surface area contributed by atoms with E-state index in [-0.39, 0.29) is 29.4 Å². The molecule has 1 unspecified atom stereocenters. The van der Waals surface area contributed by atoms with E-state index in [1.165, 1.54) is 12.1 Å². The van der Waals surface area contributed by atoms with Crippen molar-refractivity contribution in [2.24, 2.45) is 0 Å². The van der Waals surface area contributed by atoms with Gasteiger partial charge in [0.05, 0.1) is 35.2 Å². The molecular weight excluding hydrogens is 380 g/mol. The zero-order valence-corrected chi connectivity index (χ0v) is 16.1. The molecule has 0 fully saturated rings. The van der Waals surface area contributed by atoms with E-state index in [0.29, 0.717) is 35.6 Å². The van der Waals surface area contributed by atoms with Crippen LogP contribution in [0.4, 0.5) is 5.69 Å². The molecular formula is C21H19ClN2O4. The summed E-state index contributed by atoms with van der Waals surface area (Å²) < 4.78 is 10.8. The van der Waals surface area contributed by atoms with Gasteiger partial charge in [-0.15, -0.1) is 0 Å². The van der Waals surface area contributed by atoms with Crippen LogP contribution in [0.2, 0.25) is 5.02 Å². The molecule has 0 bridgehead atoms. The summed E-state index contributed by atoms with van der Waals surface area (Å²) in [4.78, 5) is 24.1. The van der Waals surface area contributed by atoms with Crippen molar-refractivity contribution in [3.05, 3.63) is 58.1 Å². The molecule has 0 saturated carbocycles. The highest BCUT2D eigenvalue weighted by atomic mass is 35.5. The summed E-state index contributed by atoms with van der Waals surface area (Å²) in [5.41, 5.74) is 2.27. The minimum atomic E-state index is -0.355. The predicted octanol–water partition coefficient (Wildman–Crippen LogP) is 4.11. The van der Waals surface area contributed by atoms with Crippen molar-refractivity contribution in [3.63, 3.8) is 0 Å². The van der Waals surface area contributed by atoms with E-state index >= 15 is 0 Å². The first-order valence-corrected chi connectivity index (χ1v) is 9.34. The fraction of sp³-hybridized carbons (Fsp3) is 0.286. The quantitative estimate of drug-likeness (QED) is 0.765. The van der Waals surface area contributed by atoms with Crippen molar-refractivity contribution >= 4 is 29.2 Å². The minimum Gasteiger partial charge on any atom is -0.490 e. The van der Waals surface area contributed by atoms with Crippen LogP contribution in [0.5, 0.6) is 5.75 Å². The second-order valence-electron chi connectivity index (χ2n) is 6.37. The number of nitrogens with zero attached hydrogens (tertiary/aromatic N) is 1. The van der Waals surface area contributed by atoms with E-state index in [1.54, 1.807) is 25.1 Å². The molecule has 1 N–H and O–H groups in total. The first-order valence-electron chi connectivity index (χ1n) is 8.96. The van der Waals surface area contributed by atoms with Gasteiger partial charge in [-0.25, -0.2) is 0 Å². The third kappa shape index (κ3) is 4.62. The zero-order valence-electron chi connectivity index (χ0n) is 15.3. The van der Waals surface area contributed by atoms with Gasteiger partial charge in [0.15, 0.2) is 0 Å². The highest BCUT2D eigenvalue weighted by Crippen LogP contribution is 2.31. The van der Waals surface area contributed by atoms with Crippen LogP contribution in [0, 0.1) is 11.3 Å². The third-order valence-electron chi connectivity index (χ3n) is 4.39. The van der Waals surface area contributed by atoms with Gasteiger partial charge >= 0.3 is 5.97 Å². The molecule has 144 valence electrons. The fourth-order valence-corrected chi connectivity index (χ4v) is 3.31. The van der Waals surface area contributed by atoms with Crippen molar-refractivity contribution in [2.75, 3.05) is 11.9 Å². The first kappa shape index (κ1) is 19.7. The number of hydrogen-bond donors (Lipinski definition) is 1. The van der Waals surface area contributed by atoms with E-state index in [9.17, 15) is 9.59 Å². The van der Waals surface area contributed by atoms with E-state index in [1.807, 2.05) is 12.1 Å². The second-order valence-corrected chi connectivity index (χ2v) is 6.78. The first-order chi connectivity index (χ1) is 13.5. The molecule has 1 atom stereocenters. The Balaban J connectivity index is 1.67. The molecule has 1 amide bonds. The molecule has 0 radical (unpaired) electrons. The Bertz CT molecular complexity index is 952. The van der Waals surface area contributed by atoms with Crippen LogP contribution in [0.1, 0.15) is 41.3 Å². The maximum atomic E-state index is 12.5. The monoisotopic (exact) mass is 398 g/mol. The number of carbonyl (C=O) groups excluding carboxylic acids is 2. The minimum absolute atomic E-state index is 0.204. The number of benzene rings is 2. The SMILES string of the molecule is CCOC(=O)CC1CCc2cc(NC(=O)c3ccc(C#N)cc3Cl)ccc2O1. The number of halogens is 1. The van der Waals surface area contributed by atoms with E-state index in [0.717, 1.165) is 12.0 Å². The Morgan fingerprint density at radius 3 is 2.86 bits per heavy atom. The van der Waals surface area contributed by atoms with Gasteiger partial charge in [0, 0.05) is 5.69 Å². The van der Waals surface area contributed by atoms with Crippen molar-refractivity contribution in [1.82, 2.24) is 0 Å². The smallest absolute Gasteiger partial charge is 0.309 e. The number of nitriles is 1. The van der Waals surface area contributed by atoms with Crippen molar-refractivity contribution in [2.45, 2.75) is 32.3 Å². The Morgan fingerprint density at radius 1 is 1.32 bits per heavy atom. The van der Waals surface area contributed by atoms with E-state index in [4.69, 9.17) is 26.3 Å². The number of esters is 1. The molecule has 2 aromatic carbocycles. The molecule has 0 aliphatic carbocycles. The summed E-state index contributed by atoms with van der Waals surface area (Å²) in [6.45, 7) is 2.13. The second kappa shape index (κ2) is 8.77. The summed E-state index contributed by atoms with van der Waals surface area (Å²) in [5, 5.41) is 11.9. The Labute approximate surface area is 168 Å². The lowest BCUT2D eigenvalue weighted by atomic mass is 10.00. The highest BCUT2D eigenvalue weighted by Gasteiger charge is 2.23. The molecule has 0 aromatic heterocycles. The van der Waals surface area contributed by atoms with Crippen LogP contribution in [0.25, 0.3) is 0 Å². The van der Waals surface area contributed by atoms with Gasteiger partial charge in [-0.3, -0.25) is 9.59 Å². The number of nitrogens with one attached hydrogen (secondary N) is 1. The maximum absolute atomic E-state index is 12.5. The van der Waals surface area contributed by atoms with Crippen molar-refractivity contribution < 1.29 is 19.1 Å². The topological polar surface area (TPSA) is 88.4 Å². The lowest BCUT2D eigenvalue weighted by Gasteiger charge is -2.26. The maximum Gasteiger partial charge on any atom is 0.309 e. The number of amides is 1. The molecule has 2 aromatic rings. The number of aryl methyl sites for hydroxylation is 1. The molecule has 28 heavy (non-hydrogen) atoms. The Hall–Kier alpha value is -3.04. The van der Waals surface area contributed by atoms with Gasteiger partial charge in [0.25, 0.3) is 5.91 Å². The van der Waals surface area contributed by atoms with Crippen LogP contribution in [0.3, 0.4) is 0 Å². The van der Waals surface area contributed by atoms with Crippen LogP contribution in [0.15, 0.2) is 36.4 Å². The molecule has 6 nitrogen and oxygen atoms in total. The highest BCUT2D eigenvalue weighted by molar-refractivity contribution is 6.34. The van der Waals surface area contributed by atoms with Crippen LogP contribution in [-0.2, 0) is 16.0 Å². The third-order valence-corrected chi connectivity index (χ3v) is 4.70. The van der Waals surface area contributed by atoms with E-state index in [2.05, 4.69) is 5.32 Å². The lowest BCUT2D eigenvalue weighted by molar-refractivity contribution is -0.145. The summed E-state index contributed by atoms with van der Waals surface area (Å²) in [6, 6.07) is 11.9. The van der Waals surface area contributed by atoms with Gasteiger partial charge in [0.2, 0.25) is 0 Å². The number of hydrogen-bond acceptors (Lipinski definition) is 5. The number of rotatable bonds is 5. The summed E-state index contributed by atoms with van der Waals surface area (Å²) in [5.74, 6) is 0.0837. The normalized spacial score (nSPS) is 15.0. The van der Waals surface area contributed by atoms with E-state index < -0.39 is 0 Å². The zero-order chi connectivity index (χ0) is 20.1. The van der Waals surface area contributed by atoms with Gasteiger partial charge in [-0.05, 0) is 61.7 Å². The van der Waals surface area contributed by atoms with Gasteiger partial charge in [-0.2, -0.15) is 5.26 Å². The molecule has 1 heterocycles. The lowest BCUT2D eigenvalue weighted by Crippen LogP contribution is -2.26. The molecule has 3 rings (SSSR count). The Kier molecular flexibility index (Phi) is 6.17. The van der Waals surface area contributed by atoms with Crippen LogP contribution < -0.4 is 10.1 Å². The van der Waals surface area contributed by atoms with Gasteiger partial charge in [0.1, 0.15) is 11.9 Å². The Morgan fingerprint density at radius 2 is 2.14 bits per heavy atom. The standard InChI is InChI=1S/C21H19ClN2O4/c1-2-27-20(25)11-16-6-4-14-10-15(5-8-19(14)28-16)24-21(26)17-7-3-13(12-23)9-18(17)22/h3,5,7-10,16H,2,4,6,11H2,1H3,(H,24,26). The van der Waals surface area contributed by atoms with Crippen molar-refractivity contribution in [3.8, 4) is 11.8 Å². The van der Waals surface area contributed by atoms with Crippen molar-refractivity contribution in [1.29, 1.82) is 5.26 Å². The number of fused-ring (bicyclic) bond motifs is 1. The van der Waals surface area contributed by atoms with Crippen LogP contribution >= 0.6 is 11.6 Å². The molecule has 0 saturated heterocycles. The molecule has 1 aliphatic heterocycles. The molecule has 0 spiro atoms. The molecule has 1 aliphatic rings. The molecule has 7 heteroatoms.